The number of hydrogen-bond acceptors (Lipinski definition) is 3. The van der Waals surface area contributed by atoms with Crippen LogP contribution in [-0.4, -0.2) is 22.7 Å². The highest BCUT2D eigenvalue weighted by Gasteiger charge is 2.56. The predicted molar refractivity (Wildman–Crippen MR) is 114 cm³/mol. The van der Waals surface area contributed by atoms with Gasteiger partial charge in [-0.25, -0.2) is 0 Å². The first kappa shape index (κ1) is 18.7. The first-order valence-electron chi connectivity index (χ1n) is 11.0. The summed E-state index contributed by atoms with van der Waals surface area (Å²) in [5.41, 5.74) is 4.63. The lowest BCUT2D eigenvalue weighted by atomic mass is 9.55. The molecule has 0 amide bonds. The van der Waals surface area contributed by atoms with E-state index < -0.39 is 0 Å². The molecule has 0 N–H and O–H groups in total. The van der Waals surface area contributed by atoms with Crippen molar-refractivity contribution in [1.29, 1.82) is 0 Å². The molecular formula is C25H30N2O2. The molecule has 0 bridgehead atoms. The molecule has 1 heterocycles. The minimum atomic E-state index is -0.204. The van der Waals surface area contributed by atoms with E-state index in [1.54, 1.807) is 7.11 Å². The van der Waals surface area contributed by atoms with Crippen LogP contribution in [0.5, 0.6) is 5.75 Å². The van der Waals surface area contributed by atoms with Gasteiger partial charge in [-0.15, -0.1) is 0 Å². The van der Waals surface area contributed by atoms with Crippen LogP contribution in [0.2, 0.25) is 0 Å². The van der Waals surface area contributed by atoms with E-state index in [-0.39, 0.29) is 5.41 Å². The third kappa shape index (κ3) is 2.87. The fraction of sp³-hybridized carbons (Fsp3) is 0.520. The lowest BCUT2D eigenvalue weighted by Crippen LogP contribution is -2.42. The van der Waals surface area contributed by atoms with Gasteiger partial charge in [-0.05, 0) is 97.8 Å². The van der Waals surface area contributed by atoms with Gasteiger partial charge in [0, 0.05) is 18.2 Å². The lowest BCUT2D eigenvalue weighted by Gasteiger charge is -2.48. The van der Waals surface area contributed by atoms with Crippen molar-refractivity contribution in [2.75, 3.05) is 7.11 Å². The highest BCUT2D eigenvalue weighted by molar-refractivity contribution is 6.05. The number of allylic oxidation sites excluding steroid dienone is 1. The topological polar surface area (TPSA) is 44.1 Å². The largest absolute Gasteiger partial charge is 0.497 e. The number of carbonyl (C=O) groups excluding carboxylic acids is 1. The van der Waals surface area contributed by atoms with Crippen molar-refractivity contribution in [2.24, 2.45) is 17.3 Å². The third-order valence-electron chi connectivity index (χ3n) is 7.88. The van der Waals surface area contributed by atoms with Gasteiger partial charge in [0.15, 0.2) is 5.78 Å². The van der Waals surface area contributed by atoms with Crippen molar-refractivity contribution in [1.82, 2.24) is 9.78 Å². The Morgan fingerprint density at radius 1 is 1.31 bits per heavy atom. The molecule has 0 radical (unpaired) electrons. The average molecular weight is 391 g/mol. The van der Waals surface area contributed by atoms with E-state index in [2.05, 4.69) is 43.2 Å². The highest BCUT2D eigenvalue weighted by atomic mass is 16.5. The molecule has 3 aliphatic rings. The maximum absolute atomic E-state index is 13.4. The Kier molecular flexibility index (Phi) is 4.41. The lowest BCUT2D eigenvalue weighted by molar-refractivity contribution is -0.127. The summed E-state index contributed by atoms with van der Waals surface area (Å²) in [5, 5.41) is 4.57. The number of rotatable bonds is 3. The van der Waals surface area contributed by atoms with Crippen molar-refractivity contribution < 1.29 is 9.53 Å². The van der Waals surface area contributed by atoms with Crippen LogP contribution in [0.15, 0.2) is 36.0 Å². The van der Waals surface area contributed by atoms with Crippen LogP contribution in [0.1, 0.15) is 62.3 Å². The summed E-state index contributed by atoms with van der Waals surface area (Å²) in [6.07, 6.45) is 9.31. The van der Waals surface area contributed by atoms with Crippen molar-refractivity contribution in [2.45, 2.75) is 58.4 Å². The predicted octanol–water partition coefficient (Wildman–Crippen LogP) is 5.03. The van der Waals surface area contributed by atoms with Crippen LogP contribution in [0.4, 0.5) is 0 Å². The molecule has 1 aromatic heterocycles. The Hall–Kier alpha value is -2.36. The number of methoxy groups -OCH3 is 1. The average Bonchev–Trinajstić information content (AvgIpc) is 3.30. The molecule has 0 aliphatic heterocycles. The van der Waals surface area contributed by atoms with E-state index in [0.717, 1.165) is 49.2 Å². The molecule has 152 valence electrons. The van der Waals surface area contributed by atoms with Gasteiger partial charge in [0.25, 0.3) is 0 Å². The maximum Gasteiger partial charge on any atom is 0.165 e. The summed E-state index contributed by atoms with van der Waals surface area (Å²) in [6.45, 7) is 5.16. The Morgan fingerprint density at radius 2 is 2.17 bits per heavy atom. The molecule has 4 unspecified atom stereocenters. The van der Waals surface area contributed by atoms with Crippen LogP contribution in [0.25, 0.3) is 6.08 Å². The molecule has 2 fully saturated rings. The van der Waals surface area contributed by atoms with Gasteiger partial charge < -0.3 is 4.74 Å². The second-order valence-electron chi connectivity index (χ2n) is 9.24. The molecule has 29 heavy (non-hydrogen) atoms. The molecule has 1 aromatic carbocycles. The van der Waals surface area contributed by atoms with E-state index in [1.807, 2.05) is 16.9 Å². The Balaban J connectivity index is 1.46. The van der Waals surface area contributed by atoms with Crippen LogP contribution in [0.3, 0.4) is 0 Å². The number of fused-ring (bicyclic) bond motifs is 5. The Morgan fingerprint density at radius 3 is 2.93 bits per heavy atom. The number of nitrogens with zero attached hydrogens (tertiary/aromatic N) is 2. The summed E-state index contributed by atoms with van der Waals surface area (Å²) >= 11 is 0. The van der Waals surface area contributed by atoms with Crippen molar-refractivity contribution in [3.63, 3.8) is 0 Å². The number of ether oxygens (including phenoxy) is 1. The summed E-state index contributed by atoms with van der Waals surface area (Å²) in [5.74, 6) is 2.94. The highest BCUT2D eigenvalue weighted by Crippen LogP contribution is 2.60. The van der Waals surface area contributed by atoms with Crippen molar-refractivity contribution in [3.8, 4) is 5.75 Å². The summed E-state index contributed by atoms with van der Waals surface area (Å²) in [4.78, 5) is 13.4. The first-order valence-corrected chi connectivity index (χ1v) is 11.0. The number of carbonyl (C=O) groups is 1. The van der Waals surface area contributed by atoms with E-state index in [0.29, 0.717) is 23.5 Å². The van der Waals surface area contributed by atoms with Gasteiger partial charge in [0.2, 0.25) is 0 Å². The monoisotopic (exact) mass is 390 g/mol. The van der Waals surface area contributed by atoms with Gasteiger partial charge in [0.1, 0.15) is 5.75 Å². The summed E-state index contributed by atoms with van der Waals surface area (Å²) in [7, 11) is 1.74. The van der Waals surface area contributed by atoms with Gasteiger partial charge in [-0.3, -0.25) is 9.48 Å². The smallest absolute Gasteiger partial charge is 0.165 e. The minimum absolute atomic E-state index is 0.204. The number of aromatic nitrogens is 2. The van der Waals surface area contributed by atoms with Gasteiger partial charge in [-0.2, -0.15) is 5.10 Å². The molecule has 3 aliphatic carbocycles. The number of hydrogen-bond donors (Lipinski definition) is 0. The number of benzene rings is 1. The Bertz CT molecular complexity index is 988. The van der Waals surface area contributed by atoms with Crippen LogP contribution >= 0.6 is 0 Å². The number of Topliss-reactive ketones (excluding diaryl/α,β-unsaturated/α-hetero) is 1. The van der Waals surface area contributed by atoms with E-state index in [4.69, 9.17) is 4.74 Å². The van der Waals surface area contributed by atoms with Crippen LogP contribution in [0, 0.1) is 17.3 Å². The molecule has 0 saturated heterocycles. The van der Waals surface area contributed by atoms with E-state index >= 15 is 0 Å². The van der Waals surface area contributed by atoms with Crippen LogP contribution in [-0.2, 0) is 17.8 Å². The molecule has 4 atom stereocenters. The van der Waals surface area contributed by atoms with Crippen LogP contribution < -0.4 is 4.74 Å². The second kappa shape index (κ2) is 6.86. The molecule has 4 nitrogen and oxygen atoms in total. The normalized spacial score (nSPS) is 32.0. The zero-order chi connectivity index (χ0) is 20.2. The van der Waals surface area contributed by atoms with E-state index in [1.165, 1.54) is 17.5 Å². The van der Waals surface area contributed by atoms with Gasteiger partial charge >= 0.3 is 0 Å². The fourth-order valence-corrected chi connectivity index (χ4v) is 6.29. The maximum atomic E-state index is 13.4. The summed E-state index contributed by atoms with van der Waals surface area (Å²) in [6, 6.07) is 8.61. The van der Waals surface area contributed by atoms with Crippen molar-refractivity contribution >= 4 is 11.9 Å². The van der Waals surface area contributed by atoms with Gasteiger partial charge in [-0.1, -0.05) is 13.0 Å². The molecular weight excluding hydrogens is 360 g/mol. The molecule has 4 heteroatoms. The molecule has 0 spiro atoms. The molecule has 2 saturated carbocycles. The second-order valence-corrected chi connectivity index (χ2v) is 9.24. The fourth-order valence-electron chi connectivity index (χ4n) is 6.29. The SMILES string of the molecule is CCn1ccc(C=C2CC3C4CCc5cc(OC)ccc5C4CCC3(C)C2=O)n1. The summed E-state index contributed by atoms with van der Waals surface area (Å²) < 4.78 is 7.36. The molecule has 5 rings (SSSR count). The van der Waals surface area contributed by atoms with Gasteiger partial charge in [0.05, 0.1) is 12.8 Å². The standard InChI is InChI=1S/C25H30N2O2/c1-4-27-12-10-18(26-27)13-17-15-23-22-7-5-16-14-19(29-3)6-8-20(16)21(22)9-11-25(23,2)24(17)28/h6,8,10,12-14,21-23H,4-5,7,9,11,15H2,1-3H3. The minimum Gasteiger partial charge on any atom is -0.497 e. The zero-order valence-electron chi connectivity index (χ0n) is 17.6. The Labute approximate surface area is 173 Å². The van der Waals surface area contributed by atoms with E-state index in [9.17, 15) is 4.79 Å². The first-order chi connectivity index (χ1) is 14.0. The van der Waals surface area contributed by atoms with Crippen molar-refractivity contribution in [3.05, 3.63) is 52.9 Å². The quantitative estimate of drug-likeness (QED) is 0.691. The zero-order valence-corrected chi connectivity index (χ0v) is 17.6. The third-order valence-corrected chi connectivity index (χ3v) is 7.88. The molecule has 2 aromatic rings. The number of aryl methyl sites for hydroxylation is 2. The number of ketones is 1.